The third-order valence-electron chi connectivity index (χ3n) is 3.64. The molecule has 0 aliphatic rings. The van der Waals surface area contributed by atoms with E-state index in [1.165, 1.54) is 13.0 Å². The summed E-state index contributed by atoms with van der Waals surface area (Å²) in [6, 6.07) is 2.30. The second kappa shape index (κ2) is 7.20. The first kappa shape index (κ1) is 17.9. The second-order valence-corrected chi connectivity index (χ2v) is 6.91. The molecule has 5 nitrogen and oxygen atoms in total. The summed E-state index contributed by atoms with van der Waals surface area (Å²) in [7, 11) is -3.82. The summed E-state index contributed by atoms with van der Waals surface area (Å²) in [5.74, 6) is -0.585. The molecule has 0 saturated heterocycles. The monoisotopic (exact) mass is 318 g/mol. The number of halogens is 1. The number of benzene rings is 1. The molecule has 0 radical (unpaired) electrons. The molecule has 0 aliphatic carbocycles. The second-order valence-electron chi connectivity index (χ2n) is 5.14. The van der Waals surface area contributed by atoms with Gasteiger partial charge in [0.1, 0.15) is 5.82 Å². The SMILES string of the molecule is CCC(CC)C(O)CNS(=O)(=O)c1cc(C)c(F)c(N)c1. The van der Waals surface area contributed by atoms with Gasteiger partial charge in [0.05, 0.1) is 16.7 Å². The van der Waals surface area contributed by atoms with E-state index in [9.17, 15) is 17.9 Å². The van der Waals surface area contributed by atoms with E-state index < -0.39 is 21.9 Å². The minimum atomic E-state index is -3.82. The van der Waals surface area contributed by atoms with E-state index >= 15 is 0 Å². The predicted molar refractivity (Wildman–Crippen MR) is 80.8 cm³/mol. The van der Waals surface area contributed by atoms with Crippen LogP contribution < -0.4 is 10.5 Å². The van der Waals surface area contributed by atoms with Crippen molar-refractivity contribution in [2.45, 2.75) is 44.6 Å². The van der Waals surface area contributed by atoms with Gasteiger partial charge in [0.2, 0.25) is 10.0 Å². The molecule has 0 aromatic heterocycles. The number of aliphatic hydroxyl groups is 1. The summed E-state index contributed by atoms with van der Waals surface area (Å²) in [4.78, 5) is -0.101. The van der Waals surface area contributed by atoms with Gasteiger partial charge in [-0.3, -0.25) is 0 Å². The zero-order valence-electron chi connectivity index (χ0n) is 12.6. The summed E-state index contributed by atoms with van der Waals surface area (Å²) >= 11 is 0. The average Bonchev–Trinajstić information content (AvgIpc) is 2.43. The van der Waals surface area contributed by atoms with Gasteiger partial charge in [-0.25, -0.2) is 17.5 Å². The molecule has 120 valence electrons. The van der Waals surface area contributed by atoms with Gasteiger partial charge in [-0.2, -0.15) is 0 Å². The highest BCUT2D eigenvalue weighted by molar-refractivity contribution is 7.89. The number of hydrogen-bond donors (Lipinski definition) is 3. The van der Waals surface area contributed by atoms with Gasteiger partial charge >= 0.3 is 0 Å². The summed E-state index contributed by atoms with van der Waals surface area (Å²) in [5.41, 5.74) is 5.40. The van der Waals surface area contributed by atoms with Gasteiger partial charge in [-0.1, -0.05) is 26.7 Å². The van der Waals surface area contributed by atoms with Gasteiger partial charge in [-0.15, -0.1) is 0 Å². The first-order chi connectivity index (χ1) is 9.72. The number of nitrogens with one attached hydrogen (secondary N) is 1. The summed E-state index contributed by atoms with van der Waals surface area (Å²) in [6.45, 7) is 5.25. The van der Waals surface area contributed by atoms with Gasteiger partial charge in [0.15, 0.2) is 0 Å². The van der Waals surface area contributed by atoms with E-state index in [1.54, 1.807) is 0 Å². The number of sulfonamides is 1. The van der Waals surface area contributed by atoms with Crippen LogP contribution in [0.15, 0.2) is 17.0 Å². The number of nitrogen functional groups attached to an aromatic ring is 1. The van der Waals surface area contributed by atoms with Crippen molar-refractivity contribution in [3.63, 3.8) is 0 Å². The maximum atomic E-state index is 13.4. The molecular weight excluding hydrogens is 295 g/mol. The lowest BCUT2D eigenvalue weighted by Gasteiger charge is -2.20. The normalized spacial score (nSPS) is 13.6. The van der Waals surface area contributed by atoms with Crippen LogP contribution in [-0.2, 0) is 10.0 Å². The fraction of sp³-hybridized carbons (Fsp3) is 0.571. The van der Waals surface area contributed by atoms with Crippen molar-refractivity contribution in [3.05, 3.63) is 23.5 Å². The topological polar surface area (TPSA) is 92.4 Å². The van der Waals surface area contributed by atoms with Crippen molar-refractivity contribution < 1.29 is 17.9 Å². The Labute approximate surface area is 125 Å². The highest BCUT2D eigenvalue weighted by Gasteiger charge is 2.21. The van der Waals surface area contributed by atoms with E-state index in [-0.39, 0.29) is 28.6 Å². The smallest absolute Gasteiger partial charge is 0.240 e. The quantitative estimate of drug-likeness (QED) is 0.668. The van der Waals surface area contributed by atoms with E-state index in [2.05, 4.69) is 4.72 Å². The molecule has 1 rings (SSSR count). The lowest BCUT2D eigenvalue weighted by Crippen LogP contribution is -2.36. The molecule has 0 aliphatic heterocycles. The Balaban J connectivity index is 2.88. The predicted octanol–water partition coefficient (Wildman–Crippen LogP) is 1.79. The minimum absolute atomic E-state index is 0.0349. The Morgan fingerprint density at radius 1 is 1.33 bits per heavy atom. The Bertz CT molecular complexity index is 563. The van der Waals surface area contributed by atoms with E-state index in [0.29, 0.717) is 0 Å². The van der Waals surface area contributed by atoms with Crippen molar-refractivity contribution >= 4 is 15.7 Å². The molecule has 0 saturated carbocycles. The molecule has 4 N–H and O–H groups in total. The lowest BCUT2D eigenvalue weighted by molar-refractivity contribution is 0.107. The van der Waals surface area contributed by atoms with Crippen LogP contribution in [0.5, 0.6) is 0 Å². The molecule has 1 aromatic rings. The van der Waals surface area contributed by atoms with Crippen LogP contribution in [0.25, 0.3) is 0 Å². The molecule has 21 heavy (non-hydrogen) atoms. The van der Waals surface area contributed by atoms with E-state index in [4.69, 9.17) is 5.73 Å². The van der Waals surface area contributed by atoms with Gasteiger partial charge < -0.3 is 10.8 Å². The van der Waals surface area contributed by atoms with Crippen LogP contribution in [-0.4, -0.2) is 26.2 Å². The van der Waals surface area contributed by atoms with Crippen molar-refractivity contribution in [3.8, 4) is 0 Å². The lowest BCUT2D eigenvalue weighted by atomic mass is 9.97. The standard InChI is InChI=1S/C14H23FN2O3S/c1-4-10(5-2)13(18)8-17-21(19,20)11-6-9(3)14(15)12(16)7-11/h6-7,10,13,17-18H,4-5,8,16H2,1-3H3. The third kappa shape index (κ3) is 4.39. The number of hydrogen-bond acceptors (Lipinski definition) is 4. The van der Waals surface area contributed by atoms with Crippen molar-refractivity contribution in [1.29, 1.82) is 0 Å². The Morgan fingerprint density at radius 3 is 2.38 bits per heavy atom. The average molecular weight is 318 g/mol. The molecule has 7 heteroatoms. The molecule has 0 spiro atoms. The number of nitrogens with two attached hydrogens (primary N) is 1. The Kier molecular flexibility index (Phi) is 6.12. The van der Waals surface area contributed by atoms with Crippen LogP contribution in [0, 0.1) is 18.7 Å². The van der Waals surface area contributed by atoms with Crippen LogP contribution >= 0.6 is 0 Å². The molecular formula is C14H23FN2O3S. The number of aliphatic hydroxyl groups excluding tert-OH is 1. The van der Waals surface area contributed by atoms with Crippen LogP contribution in [0.3, 0.4) is 0 Å². The maximum Gasteiger partial charge on any atom is 0.240 e. The van der Waals surface area contributed by atoms with Crippen molar-refractivity contribution in [2.75, 3.05) is 12.3 Å². The molecule has 0 amide bonds. The van der Waals surface area contributed by atoms with Gasteiger partial charge in [-0.05, 0) is 30.5 Å². The third-order valence-corrected chi connectivity index (χ3v) is 5.04. The molecule has 0 bridgehead atoms. The van der Waals surface area contributed by atoms with Gasteiger partial charge in [0.25, 0.3) is 0 Å². The fourth-order valence-corrected chi connectivity index (χ4v) is 3.37. The van der Waals surface area contributed by atoms with Crippen LogP contribution in [0.1, 0.15) is 32.3 Å². The summed E-state index contributed by atoms with van der Waals surface area (Å²) < 4.78 is 40.1. The Morgan fingerprint density at radius 2 is 1.90 bits per heavy atom. The summed E-state index contributed by atoms with van der Waals surface area (Å²) in [6.07, 6.45) is 0.776. The highest BCUT2D eigenvalue weighted by atomic mass is 32.2. The maximum absolute atomic E-state index is 13.4. The molecule has 0 heterocycles. The molecule has 0 fully saturated rings. The Hall–Kier alpha value is -1.18. The van der Waals surface area contributed by atoms with Crippen molar-refractivity contribution in [1.82, 2.24) is 4.72 Å². The zero-order chi connectivity index (χ0) is 16.2. The summed E-state index contributed by atoms with van der Waals surface area (Å²) in [5, 5.41) is 9.96. The first-order valence-corrected chi connectivity index (χ1v) is 8.44. The fourth-order valence-electron chi connectivity index (χ4n) is 2.20. The van der Waals surface area contributed by atoms with Gasteiger partial charge in [0, 0.05) is 6.54 Å². The minimum Gasteiger partial charge on any atom is -0.396 e. The van der Waals surface area contributed by atoms with E-state index in [1.807, 2.05) is 13.8 Å². The number of anilines is 1. The molecule has 1 atom stereocenters. The highest BCUT2D eigenvalue weighted by Crippen LogP contribution is 2.21. The number of rotatable bonds is 7. The largest absolute Gasteiger partial charge is 0.396 e. The van der Waals surface area contributed by atoms with Crippen LogP contribution in [0.2, 0.25) is 0 Å². The van der Waals surface area contributed by atoms with E-state index in [0.717, 1.165) is 18.9 Å². The zero-order valence-corrected chi connectivity index (χ0v) is 13.4. The van der Waals surface area contributed by atoms with Crippen LogP contribution in [0.4, 0.5) is 10.1 Å². The first-order valence-electron chi connectivity index (χ1n) is 6.96. The number of aryl methyl sites for hydroxylation is 1. The molecule has 1 unspecified atom stereocenters. The molecule has 1 aromatic carbocycles. The van der Waals surface area contributed by atoms with Crippen molar-refractivity contribution in [2.24, 2.45) is 5.92 Å².